The van der Waals surface area contributed by atoms with Crippen LogP contribution in [0, 0.1) is 6.92 Å². The summed E-state index contributed by atoms with van der Waals surface area (Å²) in [6.07, 6.45) is 2.53. The number of rotatable bonds is 5. The number of fused-ring (bicyclic) bond motifs is 1. The molecule has 7 heteroatoms. The molecule has 6 nitrogen and oxygen atoms in total. The van der Waals surface area contributed by atoms with Gasteiger partial charge in [-0.3, -0.25) is 9.78 Å². The SMILES string of the molecule is Cc1ccccc1C1(O)CCN(C(=O)c2ccc(CS(=O)(=O)c3cccc4cccnc34)cc2)CC1. The highest BCUT2D eigenvalue weighted by Crippen LogP contribution is 2.35. The van der Waals surface area contributed by atoms with Gasteiger partial charge in [-0.1, -0.05) is 54.6 Å². The van der Waals surface area contributed by atoms with Crippen LogP contribution in [0.25, 0.3) is 10.9 Å². The molecule has 36 heavy (non-hydrogen) atoms. The number of carbonyl (C=O) groups is 1. The second kappa shape index (κ2) is 9.48. The van der Waals surface area contributed by atoms with Gasteiger partial charge in [0.15, 0.2) is 9.84 Å². The summed E-state index contributed by atoms with van der Waals surface area (Å²) in [5.41, 5.74) is 2.60. The van der Waals surface area contributed by atoms with E-state index in [1.54, 1.807) is 53.6 Å². The smallest absolute Gasteiger partial charge is 0.253 e. The Kier molecular flexibility index (Phi) is 6.36. The zero-order valence-electron chi connectivity index (χ0n) is 20.1. The van der Waals surface area contributed by atoms with Gasteiger partial charge in [0, 0.05) is 30.2 Å². The lowest BCUT2D eigenvalue weighted by Crippen LogP contribution is -2.45. The number of nitrogens with zero attached hydrogens (tertiary/aromatic N) is 2. The van der Waals surface area contributed by atoms with Gasteiger partial charge in [0.2, 0.25) is 0 Å². The van der Waals surface area contributed by atoms with E-state index in [0.717, 1.165) is 16.5 Å². The molecule has 0 spiro atoms. The molecular weight excluding hydrogens is 472 g/mol. The van der Waals surface area contributed by atoms with Crippen LogP contribution in [-0.2, 0) is 21.2 Å². The first-order valence-electron chi connectivity index (χ1n) is 12.0. The van der Waals surface area contributed by atoms with Crippen molar-refractivity contribution in [1.29, 1.82) is 0 Å². The fourth-order valence-electron chi connectivity index (χ4n) is 4.99. The first-order valence-corrected chi connectivity index (χ1v) is 13.7. The first-order chi connectivity index (χ1) is 17.3. The Morgan fingerprint density at radius 2 is 1.64 bits per heavy atom. The van der Waals surface area contributed by atoms with Gasteiger partial charge in [-0.05, 0) is 60.7 Å². The molecule has 5 rings (SSSR count). The second-order valence-corrected chi connectivity index (χ2v) is 11.4. The zero-order chi connectivity index (χ0) is 25.3. The van der Waals surface area contributed by atoms with Crippen LogP contribution in [0.2, 0.25) is 0 Å². The van der Waals surface area contributed by atoms with Crippen LogP contribution in [0.15, 0.2) is 90.0 Å². The second-order valence-electron chi connectivity index (χ2n) is 9.43. The molecule has 0 saturated carbocycles. The average Bonchev–Trinajstić information content (AvgIpc) is 2.89. The number of benzene rings is 3. The molecule has 0 bridgehead atoms. The van der Waals surface area contributed by atoms with Gasteiger partial charge >= 0.3 is 0 Å². The van der Waals surface area contributed by atoms with Gasteiger partial charge in [-0.15, -0.1) is 0 Å². The Bertz CT molecular complexity index is 1520. The number of piperidine rings is 1. The number of aromatic nitrogens is 1. The quantitative estimate of drug-likeness (QED) is 0.431. The van der Waals surface area contributed by atoms with Crippen molar-refractivity contribution >= 4 is 26.6 Å². The summed E-state index contributed by atoms with van der Waals surface area (Å²) < 4.78 is 26.3. The van der Waals surface area contributed by atoms with Gasteiger partial charge in [0.05, 0.1) is 21.8 Å². The summed E-state index contributed by atoms with van der Waals surface area (Å²) in [6.45, 7) is 2.89. The van der Waals surface area contributed by atoms with Crippen LogP contribution >= 0.6 is 0 Å². The van der Waals surface area contributed by atoms with Crippen LogP contribution in [0.4, 0.5) is 0 Å². The van der Waals surface area contributed by atoms with Gasteiger partial charge in [0.1, 0.15) is 0 Å². The van der Waals surface area contributed by atoms with E-state index in [0.29, 0.717) is 42.6 Å². The van der Waals surface area contributed by atoms with E-state index in [9.17, 15) is 18.3 Å². The van der Waals surface area contributed by atoms with E-state index in [4.69, 9.17) is 0 Å². The van der Waals surface area contributed by atoms with Crippen molar-refractivity contribution in [2.75, 3.05) is 13.1 Å². The fraction of sp³-hybridized carbons (Fsp3) is 0.241. The summed E-state index contributed by atoms with van der Waals surface area (Å²) in [5.74, 6) is -0.292. The van der Waals surface area contributed by atoms with Gasteiger partial charge in [0.25, 0.3) is 5.91 Å². The molecule has 1 aromatic heterocycles. The van der Waals surface area contributed by atoms with E-state index in [1.165, 1.54) is 0 Å². The lowest BCUT2D eigenvalue weighted by molar-refractivity contribution is -0.0215. The van der Waals surface area contributed by atoms with E-state index >= 15 is 0 Å². The van der Waals surface area contributed by atoms with Gasteiger partial charge < -0.3 is 10.0 Å². The minimum absolute atomic E-state index is 0.116. The molecule has 0 unspecified atom stereocenters. The highest BCUT2D eigenvalue weighted by atomic mass is 32.2. The molecule has 1 aliphatic rings. The van der Waals surface area contributed by atoms with Crippen LogP contribution < -0.4 is 0 Å². The van der Waals surface area contributed by atoms with Crippen molar-refractivity contribution in [3.05, 3.63) is 107 Å². The third kappa shape index (κ3) is 4.64. The Labute approximate surface area is 211 Å². The maximum absolute atomic E-state index is 13.1. The Morgan fingerprint density at radius 1 is 0.944 bits per heavy atom. The molecule has 1 N–H and O–H groups in total. The van der Waals surface area contributed by atoms with Crippen molar-refractivity contribution in [2.24, 2.45) is 0 Å². The number of hydrogen-bond donors (Lipinski definition) is 1. The predicted molar refractivity (Wildman–Crippen MR) is 139 cm³/mol. The van der Waals surface area contributed by atoms with Crippen molar-refractivity contribution in [3.8, 4) is 0 Å². The fourth-order valence-corrected chi connectivity index (χ4v) is 6.53. The Morgan fingerprint density at radius 3 is 2.36 bits per heavy atom. The van der Waals surface area contributed by atoms with E-state index in [1.807, 2.05) is 43.3 Å². The van der Waals surface area contributed by atoms with Crippen LogP contribution in [0.3, 0.4) is 0 Å². The number of aryl methyl sites for hydroxylation is 1. The van der Waals surface area contributed by atoms with Gasteiger partial charge in [-0.2, -0.15) is 0 Å². The lowest BCUT2D eigenvalue weighted by atomic mass is 9.82. The molecule has 1 fully saturated rings. The number of amides is 1. The number of aliphatic hydroxyl groups is 1. The Balaban J connectivity index is 1.27. The summed E-state index contributed by atoms with van der Waals surface area (Å²) in [4.78, 5) is 19.3. The lowest BCUT2D eigenvalue weighted by Gasteiger charge is -2.39. The number of carbonyl (C=O) groups excluding carboxylic acids is 1. The molecule has 0 aliphatic carbocycles. The molecule has 1 saturated heterocycles. The standard InChI is InChI=1S/C29H28N2O4S/c1-21-6-2-3-9-25(21)29(33)15-18-31(19-16-29)28(32)24-13-11-22(12-14-24)20-36(34,35)26-10-4-7-23-8-5-17-30-27(23)26/h2-14,17,33H,15-16,18-20H2,1H3. The summed E-state index contributed by atoms with van der Waals surface area (Å²) in [7, 11) is -3.62. The van der Waals surface area contributed by atoms with Crippen LogP contribution in [-0.4, -0.2) is 42.4 Å². The van der Waals surface area contributed by atoms with Gasteiger partial charge in [-0.25, -0.2) is 8.42 Å². The monoisotopic (exact) mass is 500 g/mol. The molecular formula is C29H28N2O4S. The van der Waals surface area contributed by atoms with Crippen LogP contribution in [0.1, 0.15) is 39.9 Å². The molecule has 0 radical (unpaired) electrons. The molecule has 184 valence electrons. The summed E-state index contributed by atoms with van der Waals surface area (Å²) in [6, 6.07) is 23.3. The largest absolute Gasteiger partial charge is 0.385 e. The van der Waals surface area contributed by atoms with E-state index in [2.05, 4.69) is 4.98 Å². The normalized spacial score (nSPS) is 15.7. The third-order valence-electron chi connectivity index (χ3n) is 7.01. The number of hydrogen-bond acceptors (Lipinski definition) is 5. The maximum Gasteiger partial charge on any atom is 0.253 e. The van der Waals surface area contributed by atoms with Crippen molar-refractivity contribution in [3.63, 3.8) is 0 Å². The topological polar surface area (TPSA) is 87.6 Å². The molecule has 4 aromatic rings. The molecule has 3 aromatic carbocycles. The summed E-state index contributed by atoms with van der Waals surface area (Å²) in [5, 5.41) is 12.0. The van der Waals surface area contributed by atoms with Crippen molar-refractivity contribution in [1.82, 2.24) is 9.88 Å². The molecule has 2 heterocycles. The number of para-hydroxylation sites is 1. The molecule has 1 amide bonds. The van der Waals surface area contributed by atoms with Crippen LogP contribution in [0.5, 0.6) is 0 Å². The van der Waals surface area contributed by atoms with E-state index in [-0.39, 0.29) is 16.6 Å². The highest BCUT2D eigenvalue weighted by Gasteiger charge is 2.36. The predicted octanol–water partition coefficient (Wildman–Crippen LogP) is 4.64. The molecule has 0 atom stereocenters. The molecule has 1 aliphatic heterocycles. The Hall–Kier alpha value is -3.55. The zero-order valence-corrected chi connectivity index (χ0v) is 20.9. The minimum Gasteiger partial charge on any atom is -0.385 e. The third-order valence-corrected chi connectivity index (χ3v) is 8.73. The van der Waals surface area contributed by atoms with Crippen molar-refractivity contribution in [2.45, 2.75) is 36.0 Å². The minimum atomic E-state index is -3.62. The highest BCUT2D eigenvalue weighted by molar-refractivity contribution is 7.90. The number of sulfone groups is 1. The van der Waals surface area contributed by atoms with E-state index < -0.39 is 15.4 Å². The maximum atomic E-state index is 13.1. The number of likely N-dealkylation sites (tertiary alicyclic amines) is 1. The summed E-state index contributed by atoms with van der Waals surface area (Å²) >= 11 is 0. The first kappa shape index (κ1) is 24.2. The van der Waals surface area contributed by atoms with Crippen molar-refractivity contribution < 1.29 is 18.3 Å². The average molecular weight is 501 g/mol. The number of pyridine rings is 1.